The Labute approximate surface area is 140 Å². The number of rotatable bonds is 2. The summed E-state index contributed by atoms with van der Waals surface area (Å²) in [4.78, 5) is 0. The van der Waals surface area contributed by atoms with Gasteiger partial charge in [0.1, 0.15) is 0 Å². The average molecular weight is 362 g/mol. The van der Waals surface area contributed by atoms with E-state index in [1.165, 1.54) is 10.4 Å². The van der Waals surface area contributed by atoms with Crippen LogP contribution in [0.1, 0.15) is 36.9 Å². The molecule has 0 bridgehead atoms. The summed E-state index contributed by atoms with van der Waals surface area (Å²) in [5.74, 6) is 0.0883. The molecule has 2 saturated heterocycles. The second-order valence-corrected chi connectivity index (χ2v) is 8.77. The monoisotopic (exact) mass is 362 g/mol. The Bertz CT molecular complexity index is 712. The van der Waals surface area contributed by atoms with Crippen LogP contribution in [0.3, 0.4) is 0 Å². The van der Waals surface area contributed by atoms with E-state index in [1.54, 1.807) is 13.0 Å². The van der Waals surface area contributed by atoms with Crippen molar-refractivity contribution in [2.24, 2.45) is 5.41 Å². The van der Waals surface area contributed by atoms with Crippen molar-refractivity contribution in [3.8, 4) is 0 Å². The van der Waals surface area contributed by atoms with E-state index in [9.17, 15) is 21.6 Å². The van der Waals surface area contributed by atoms with E-state index in [0.717, 1.165) is 38.1 Å². The fourth-order valence-electron chi connectivity index (χ4n) is 3.72. The smallest absolute Gasteiger partial charge is 0.317 e. The highest BCUT2D eigenvalue weighted by molar-refractivity contribution is 7.89. The minimum absolute atomic E-state index is 0.0883. The number of hydrogen-bond acceptors (Lipinski definition) is 3. The molecule has 0 radical (unpaired) electrons. The minimum atomic E-state index is -4.43. The highest BCUT2D eigenvalue weighted by Gasteiger charge is 2.49. The van der Waals surface area contributed by atoms with E-state index >= 15 is 0 Å². The molecule has 1 aromatic rings. The summed E-state index contributed by atoms with van der Waals surface area (Å²) >= 11 is 0. The summed E-state index contributed by atoms with van der Waals surface area (Å²) in [6.07, 6.45) is -2.88. The van der Waals surface area contributed by atoms with Crippen LogP contribution in [-0.2, 0) is 16.2 Å². The lowest BCUT2D eigenvalue weighted by atomic mass is 9.80. The van der Waals surface area contributed by atoms with E-state index in [0.29, 0.717) is 12.1 Å². The fourth-order valence-corrected chi connectivity index (χ4v) is 6.12. The first-order valence-corrected chi connectivity index (χ1v) is 9.61. The lowest BCUT2D eigenvalue weighted by Crippen LogP contribution is -2.40. The van der Waals surface area contributed by atoms with Crippen molar-refractivity contribution in [2.75, 3.05) is 25.4 Å². The molecule has 3 rings (SSSR count). The molecule has 24 heavy (non-hydrogen) atoms. The molecule has 0 aliphatic carbocycles. The average Bonchev–Trinajstić information content (AvgIpc) is 2.77. The maximum absolute atomic E-state index is 12.9. The van der Waals surface area contributed by atoms with Gasteiger partial charge in [0.05, 0.1) is 11.3 Å². The summed E-state index contributed by atoms with van der Waals surface area (Å²) in [6.45, 7) is 3.60. The van der Waals surface area contributed by atoms with Gasteiger partial charge in [-0.2, -0.15) is 17.5 Å². The number of nitrogens with zero attached hydrogens (tertiary/aromatic N) is 1. The van der Waals surface area contributed by atoms with Gasteiger partial charge >= 0.3 is 6.18 Å². The summed E-state index contributed by atoms with van der Waals surface area (Å²) in [7, 11) is -3.47. The second kappa shape index (κ2) is 6.00. The number of piperidine rings is 1. The van der Waals surface area contributed by atoms with Gasteiger partial charge in [-0.05, 0) is 50.6 Å². The normalized spacial score (nSPS) is 25.0. The van der Waals surface area contributed by atoms with Crippen LogP contribution in [0.15, 0.2) is 24.3 Å². The fraction of sp³-hybridized carbons (Fsp3) is 0.625. The zero-order chi connectivity index (χ0) is 17.6. The molecule has 1 unspecified atom stereocenters. The van der Waals surface area contributed by atoms with Gasteiger partial charge in [-0.15, -0.1) is 0 Å². The van der Waals surface area contributed by atoms with E-state index in [2.05, 4.69) is 5.32 Å². The molecule has 0 amide bonds. The van der Waals surface area contributed by atoms with Crippen LogP contribution in [0, 0.1) is 5.41 Å². The van der Waals surface area contributed by atoms with Crippen molar-refractivity contribution in [2.45, 2.75) is 32.0 Å². The standard InChI is InChI=1S/C16H21F3N2O2S/c1-12(13-3-2-4-14(9-13)16(17,18)19)21-10-15(11-24(21,22)23)5-7-20-8-6-15/h2-4,9,12,20H,5-8,10-11H2,1H3. The SMILES string of the molecule is CC(c1cccc(C(F)(F)F)c1)N1CC2(CCNCC2)CS1(=O)=O. The predicted octanol–water partition coefficient (Wildman–Crippen LogP) is 2.78. The van der Waals surface area contributed by atoms with Crippen molar-refractivity contribution in [1.29, 1.82) is 0 Å². The Hall–Kier alpha value is -1.12. The molecule has 134 valence electrons. The quantitative estimate of drug-likeness (QED) is 0.880. The molecule has 4 nitrogen and oxygen atoms in total. The molecule has 2 heterocycles. The number of hydrogen-bond donors (Lipinski definition) is 1. The molecule has 8 heteroatoms. The van der Waals surface area contributed by atoms with Gasteiger partial charge in [0, 0.05) is 18.0 Å². The molecule has 1 spiro atoms. The van der Waals surface area contributed by atoms with Crippen LogP contribution in [0.5, 0.6) is 0 Å². The Morgan fingerprint density at radius 1 is 1.25 bits per heavy atom. The number of alkyl halides is 3. The van der Waals surface area contributed by atoms with Gasteiger partial charge in [-0.3, -0.25) is 0 Å². The number of halogens is 3. The molecule has 2 aliphatic rings. The Kier molecular flexibility index (Phi) is 4.42. The van der Waals surface area contributed by atoms with Crippen molar-refractivity contribution >= 4 is 10.0 Å². The van der Waals surface area contributed by atoms with E-state index in [4.69, 9.17) is 0 Å². The lowest BCUT2D eigenvalue weighted by Gasteiger charge is -2.33. The van der Waals surface area contributed by atoms with Crippen molar-refractivity contribution in [3.63, 3.8) is 0 Å². The van der Waals surface area contributed by atoms with Crippen molar-refractivity contribution in [3.05, 3.63) is 35.4 Å². The van der Waals surface area contributed by atoms with Crippen LogP contribution in [0.2, 0.25) is 0 Å². The first-order valence-electron chi connectivity index (χ1n) is 8.00. The zero-order valence-corrected chi connectivity index (χ0v) is 14.3. The highest BCUT2D eigenvalue weighted by Crippen LogP contribution is 2.43. The summed E-state index contributed by atoms with van der Waals surface area (Å²) < 4.78 is 65.3. The van der Waals surface area contributed by atoms with Gasteiger partial charge in [0.2, 0.25) is 10.0 Å². The van der Waals surface area contributed by atoms with Gasteiger partial charge in [0.15, 0.2) is 0 Å². The van der Waals surface area contributed by atoms with E-state index in [1.807, 2.05) is 0 Å². The van der Waals surface area contributed by atoms with Crippen LogP contribution >= 0.6 is 0 Å². The first kappa shape index (κ1) is 17.7. The van der Waals surface area contributed by atoms with Crippen LogP contribution in [0.4, 0.5) is 13.2 Å². The molecular weight excluding hydrogens is 341 g/mol. The largest absolute Gasteiger partial charge is 0.416 e. The first-order chi connectivity index (χ1) is 11.1. The summed E-state index contributed by atoms with van der Waals surface area (Å²) in [5, 5.41) is 3.22. The van der Waals surface area contributed by atoms with Gasteiger partial charge in [-0.25, -0.2) is 8.42 Å². The van der Waals surface area contributed by atoms with Crippen molar-refractivity contribution < 1.29 is 21.6 Å². The third-order valence-corrected chi connectivity index (χ3v) is 7.27. The number of sulfonamides is 1. The molecule has 0 aromatic heterocycles. The molecule has 2 fully saturated rings. The third kappa shape index (κ3) is 3.32. The van der Waals surface area contributed by atoms with E-state index in [-0.39, 0.29) is 11.2 Å². The maximum Gasteiger partial charge on any atom is 0.416 e. The van der Waals surface area contributed by atoms with Crippen LogP contribution < -0.4 is 5.32 Å². The predicted molar refractivity (Wildman–Crippen MR) is 84.9 cm³/mol. The Balaban J connectivity index is 1.88. The highest BCUT2D eigenvalue weighted by atomic mass is 32.2. The molecule has 1 aromatic carbocycles. The number of benzene rings is 1. The molecule has 1 N–H and O–H groups in total. The maximum atomic E-state index is 12.9. The van der Waals surface area contributed by atoms with Gasteiger partial charge < -0.3 is 5.32 Å². The summed E-state index contributed by atoms with van der Waals surface area (Å²) in [6, 6.07) is 4.34. The Morgan fingerprint density at radius 3 is 2.54 bits per heavy atom. The van der Waals surface area contributed by atoms with E-state index < -0.39 is 27.8 Å². The molecule has 0 saturated carbocycles. The second-order valence-electron chi connectivity index (χ2n) is 6.85. The minimum Gasteiger partial charge on any atom is -0.317 e. The summed E-state index contributed by atoms with van der Waals surface area (Å²) in [5.41, 5.74) is -0.653. The van der Waals surface area contributed by atoms with Crippen LogP contribution in [0.25, 0.3) is 0 Å². The number of nitrogens with one attached hydrogen (secondary N) is 1. The van der Waals surface area contributed by atoms with Crippen molar-refractivity contribution in [1.82, 2.24) is 9.62 Å². The topological polar surface area (TPSA) is 49.4 Å². The van der Waals surface area contributed by atoms with Gasteiger partial charge in [-0.1, -0.05) is 12.1 Å². The Morgan fingerprint density at radius 2 is 1.92 bits per heavy atom. The molecular formula is C16H21F3N2O2S. The van der Waals surface area contributed by atoms with Crippen LogP contribution in [-0.4, -0.2) is 38.1 Å². The molecule has 2 aliphatic heterocycles. The third-order valence-electron chi connectivity index (χ3n) is 5.13. The van der Waals surface area contributed by atoms with Gasteiger partial charge in [0.25, 0.3) is 0 Å². The molecule has 1 atom stereocenters. The lowest BCUT2D eigenvalue weighted by molar-refractivity contribution is -0.137. The zero-order valence-electron chi connectivity index (χ0n) is 13.4.